The number of aromatic nitrogens is 2. The second-order valence-corrected chi connectivity index (χ2v) is 33.9. The van der Waals surface area contributed by atoms with E-state index < -0.39 is 142 Å². The van der Waals surface area contributed by atoms with Crippen molar-refractivity contribution in [2.75, 3.05) is 9.80 Å². The van der Waals surface area contributed by atoms with Crippen molar-refractivity contribution < 1.29 is 30.2 Å². The standard InChI is InChI=1S/C104H95BN4/c1-100(2,3)72-44-42-66(43-45-72)71-58-95-97-96(59-71)109(99-81(69-34-24-18-25-35-69)40-29-41-82(99)70-36-26-19-27-37-70)94-65-78(107-91-56-48-75(103(10,11)12)62-85(91)86-63-76(104(13,14)15)49-57-92(86)107)51-53-88(94)105(97)87-52-50-77(106-89-54-46-73(101(4,5)6)60-83(89)84-61-74(102(7,8)9)47-55-90(84)106)64-93(87)108(95)98-79(67-30-20-16-21-31-67)38-28-39-80(98)68-32-22-17-23-33-68/h16-65H,1-15H3/i42D,43D,44D,45D,46D,47D,48D,49D,50D,51D,52D,53D,54D,55D,56D,57D,60D,61D,62D,63D,64D,65D. The van der Waals surface area contributed by atoms with Crippen molar-refractivity contribution in [2.24, 2.45) is 0 Å². The van der Waals surface area contributed by atoms with Crippen LogP contribution in [0.15, 0.2) is 303 Å². The van der Waals surface area contributed by atoms with E-state index in [0.29, 0.717) is 55.9 Å². The zero-order valence-corrected chi connectivity index (χ0v) is 64.0. The fourth-order valence-corrected chi connectivity index (χ4v) is 15.3. The average molecular weight is 1430 g/mol. The number of hydrogen-bond donors (Lipinski definition) is 0. The van der Waals surface area contributed by atoms with E-state index in [2.05, 4.69) is 0 Å². The van der Waals surface area contributed by atoms with E-state index in [1.807, 2.05) is 158 Å². The van der Waals surface area contributed by atoms with Crippen molar-refractivity contribution in [1.29, 1.82) is 0 Å². The molecule has 109 heavy (non-hydrogen) atoms. The molecule has 2 aliphatic rings. The average Bonchev–Trinajstić information content (AvgIpc) is 1.36. The summed E-state index contributed by atoms with van der Waals surface area (Å²) in [6.07, 6.45) is 0. The van der Waals surface area contributed by atoms with Gasteiger partial charge in [0.15, 0.2) is 0 Å². The molecule has 2 aliphatic heterocycles. The van der Waals surface area contributed by atoms with Crippen LogP contribution in [0.2, 0.25) is 0 Å². The SMILES string of the molecule is [2H]c1c([2H])c(-n2c3c([2H])c([2H])c(C(C)(C)C)c([2H])c3c3c([2H])c(C(C)(C)C)c([2H])c([2H])c32)c([2H])c2c1B1c3c(cc(-c4c([2H])c([2H])c(C(C)(C)C)c([2H])c4[2H])cc3N(c3c(-c4ccccc4)cccc3-c3ccccc3)c3c([2H])c(-n4c5c([2H])c([2H])c(C(C)(C)C)c([2H])c5c5c([2H])c(C(C)(C)C)c([2H])c([2H])c54)c([2H])c([2H])c31)N2c1c(-c2ccccc2)cccc1-c1ccccc1. The fourth-order valence-electron chi connectivity index (χ4n) is 15.3. The molecule has 18 rings (SSSR count). The van der Waals surface area contributed by atoms with Gasteiger partial charge in [-0.3, -0.25) is 0 Å². The zero-order chi connectivity index (χ0) is 94.5. The Morgan fingerprint density at radius 2 is 0.541 bits per heavy atom. The lowest BCUT2D eigenvalue weighted by molar-refractivity contribution is 0.590. The molecule has 0 unspecified atom stereocenters. The lowest BCUT2D eigenvalue weighted by Crippen LogP contribution is -2.61. The smallest absolute Gasteiger partial charge is 0.252 e. The highest BCUT2D eigenvalue weighted by molar-refractivity contribution is 7.00. The molecule has 16 aromatic rings. The molecule has 0 aliphatic carbocycles. The number of hydrogen-bond acceptors (Lipinski definition) is 2. The van der Waals surface area contributed by atoms with Crippen molar-refractivity contribution in [1.82, 2.24) is 9.13 Å². The van der Waals surface area contributed by atoms with Crippen molar-refractivity contribution in [3.63, 3.8) is 0 Å². The highest BCUT2D eigenvalue weighted by Crippen LogP contribution is 2.55. The summed E-state index contributed by atoms with van der Waals surface area (Å²) in [4.78, 5) is 3.54. The predicted octanol–water partition coefficient (Wildman–Crippen LogP) is 26.8. The Morgan fingerprint density at radius 1 is 0.257 bits per heavy atom. The topological polar surface area (TPSA) is 16.3 Å². The fraction of sp³-hybridized carbons (Fsp3) is 0.192. The summed E-state index contributed by atoms with van der Waals surface area (Å²) in [6, 6.07) is 41.6. The first-order chi connectivity index (χ1) is 61.5. The molecule has 0 spiro atoms. The van der Waals surface area contributed by atoms with Crippen LogP contribution >= 0.6 is 0 Å². The van der Waals surface area contributed by atoms with Gasteiger partial charge < -0.3 is 18.9 Å². The molecule has 0 radical (unpaired) electrons. The summed E-state index contributed by atoms with van der Waals surface area (Å²) in [5, 5.41) is -0.338. The van der Waals surface area contributed by atoms with Gasteiger partial charge in [-0.15, -0.1) is 0 Å². The maximum absolute atomic E-state index is 12.0. The van der Waals surface area contributed by atoms with Gasteiger partial charge in [0, 0.05) is 77.9 Å². The maximum atomic E-state index is 12.0. The molecule has 14 aromatic carbocycles. The van der Waals surface area contributed by atoms with Crippen LogP contribution in [0.4, 0.5) is 34.1 Å². The molecule has 4 nitrogen and oxygen atoms in total. The largest absolute Gasteiger partial charge is 0.310 e. The summed E-state index contributed by atoms with van der Waals surface area (Å²) in [5.41, 5.74) is -2.29. The first-order valence-corrected chi connectivity index (χ1v) is 37.3. The predicted molar refractivity (Wildman–Crippen MR) is 470 cm³/mol. The number of fused-ring (bicyclic) bond motifs is 10. The second-order valence-electron chi connectivity index (χ2n) is 33.9. The third-order valence-electron chi connectivity index (χ3n) is 21.1. The van der Waals surface area contributed by atoms with Gasteiger partial charge in [-0.05, 0) is 189 Å². The first kappa shape index (κ1) is 48.6. The van der Waals surface area contributed by atoms with Crippen LogP contribution in [0.3, 0.4) is 0 Å². The lowest BCUT2D eigenvalue weighted by atomic mass is 9.33. The minimum atomic E-state index is -1.75. The van der Waals surface area contributed by atoms with E-state index in [9.17, 15) is 30.2 Å². The van der Waals surface area contributed by atoms with Crippen LogP contribution in [0.5, 0.6) is 0 Å². The van der Waals surface area contributed by atoms with Gasteiger partial charge in [-0.2, -0.15) is 0 Å². The van der Waals surface area contributed by atoms with Crippen LogP contribution in [0, 0.1) is 0 Å². The normalized spacial score (nSPS) is 16.0. The summed E-state index contributed by atoms with van der Waals surface area (Å²) in [5.74, 6) is 0. The van der Waals surface area contributed by atoms with Gasteiger partial charge in [-0.25, -0.2) is 0 Å². The quantitative estimate of drug-likeness (QED) is 0.134. The van der Waals surface area contributed by atoms with Gasteiger partial charge in [-0.1, -0.05) is 322 Å². The highest BCUT2D eigenvalue weighted by atomic mass is 15.2. The van der Waals surface area contributed by atoms with E-state index in [1.54, 1.807) is 126 Å². The van der Waals surface area contributed by atoms with Crippen molar-refractivity contribution >= 4 is 101 Å². The van der Waals surface area contributed by atoms with E-state index in [4.69, 9.17) is 0 Å². The molecular weight excluding hydrogens is 1320 g/mol. The van der Waals surface area contributed by atoms with Gasteiger partial charge in [0.25, 0.3) is 6.71 Å². The Kier molecular flexibility index (Phi) is 11.4. The van der Waals surface area contributed by atoms with Crippen LogP contribution in [-0.4, -0.2) is 15.8 Å². The van der Waals surface area contributed by atoms with Gasteiger partial charge >= 0.3 is 0 Å². The number of nitrogens with zero attached hydrogens (tertiary/aromatic N) is 4. The number of benzene rings is 14. The molecular formula is C104H95BN4. The zero-order valence-electron chi connectivity index (χ0n) is 86.0. The van der Waals surface area contributed by atoms with E-state index in [0.717, 1.165) is 0 Å². The van der Waals surface area contributed by atoms with Crippen LogP contribution in [0.1, 0.15) is 162 Å². The lowest BCUT2D eigenvalue weighted by Gasteiger charge is -2.46. The number of anilines is 6. The Morgan fingerprint density at radius 3 is 0.826 bits per heavy atom. The van der Waals surface area contributed by atoms with E-state index in [1.165, 1.54) is 9.13 Å². The van der Waals surface area contributed by atoms with Crippen molar-refractivity contribution in [2.45, 2.75) is 131 Å². The monoisotopic (exact) mass is 1430 g/mol. The maximum Gasteiger partial charge on any atom is 0.252 e. The Balaban J connectivity index is 1.15. The molecule has 0 N–H and O–H groups in total. The molecule has 0 bridgehead atoms. The minimum Gasteiger partial charge on any atom is -0.310 e. The van der Waals surface area contributed by atoms with Gasteiger partial charge in [0.1, 0.15) is 0 Å². The van der Waals surface area contributed by atoms with Crippen molar-refractivity contribution in [3.8, 4) is 67.0 Å². The van der Waals surface area contributed by atoms with Crippen molar-refractivity contribution in [3.05, 3.63) is 331 Å². The molecule has 2 aromatic heterocycles. The minimum absolute atomic E-state index is 0.0151. The number of rotatable bonds is 9. The highest BCUT2D eigenvalue weighted by Gasteiger charge is 2.46. The summed E-state index contributed by atoms with van der Waals surface area (Å²) in [6.45, 7) is 25.1. The molecule has 0 saturated carbocycles. The molecule has 4 heterocycles. The van der Waals surface area contributed by atoms with Crippen LogP contribution in [-0.2, 0) is 27.1 Å². The third kappa shape index (κ3) is 11.7. The summed E-state index contributed by atoms with van der Waals surface area (Å²) < 4.78 is 237. The molecule has 0 fully saturated rings. The third-order valence-corrected chi connectivity index (χ3v) is 21.1. The molecule has 0 atom stereocenters. The number of para-hydroxylation sites is 2. The van der Waals surface area contributed by atoms with E-state index in [-0.39, 0.29) is 158 Å². The molecule has 0 amide bonds. The van der Waals surface area contributed by atoms with E-state index >= 15 is 0 Å². The Bertz CT molecular complexity index is 6950. The Hall–Kier alpha value is -11.7. The second kappa shape index (κ2) is 25.5. The van der Waals surface area contributed by atoms with Gasteiger partial charge in [0.2, 0.25) is 0 Å². The van der Waals surface area contributed by atoms with Gasteiger partial charge in [0.05, 0.1) is 63.6 Å². The summed E-state index contributed by atoms with van der Waals surface area (Å²) in [7, 11) is 0. The Labute approximate surface area is 675 Å². The van der Waals surface area contributed by atoms with Crippen LogP contribution in [0.25, 0.3) is 111 Å². The molecule has 0 saturated heterocycles. The van der Waals surface area contributed by atoms with Crippen LogP contribution < -0.4 is 26.2 Å². The summed E-state index contributed by atoms with van der Waals surface area (Å²) >= 11 is 0. The first-order valence-electron chi connectivity index (χ1n) is 48.3. The molecule has 5 heteroatoms. The molecule has 534 valence electrons.